The van der Waals surface area contributed by atoms with E-state index in [1.165, 1.54) is 33.7 Å². The van der Waals surface area contributed by atoms with Gasteiger partial charge >= 0.3 is 0 Å². The predicted molar refractivity (Wildman–Crippen MR) is 112 cm³/mol. The maximum atomic E-state index is 4.76. The predicted octanol–water partition coefficient (Wildman–Crippen LogP) is 4.83. The van der Waals surface area contributed by atoms with Crippen LogP contribution in [0.5, 0.6) is 0 Å². The van der Waals surface area contributed by atoms with Gasteiger partial charge < -0.3 is 10.2 Å². The van der Waals surface area contributed by atoms with Gasteiger partial charge in [-0.25, -0.2) is 4.99 Å². The summed E-state index contributed by atoms with van der Waals surface area (Å²) in [4.78, 5) is 7.12. The number of nitrogens with zero attached hydrogens (tertiary/aromatic N) is 2. The zero-order valence-corrected chi connectivity index (χ0v) is 15.7. The number of aliphatic imine (C=N–C) groups is 1. The van der Waals surface area contributed by atoms with Crippen molar-refractivity contribution in [2.24, 2.45) is 4.99 Å². The van der Waals surface area contributed by atoms with Gasteiger partial charge in [-0.2, -0.15) is 0 Å². The van der Waals surface area contributed by atoms with E-state index in [0.717, 1.165) is 6.42 Å². The van der Waals surface area contributed by atoms with Gasteiger partial charge in [-0.3, -0.25) is 0 Å². The normalized spacial score (nSPS) is 25.8. The molecule has 1 N–H and O–H groups in total. The van der Waals surface area contributed by atoms with Gasteiger partial charge in [0.25, 0.3) is 0 Å². The summed E-state index contributed by atoms with van der Waals surface area (Å²) in [5.74, 6) is 0. The number of hydrogen-bond acceptors (Lipinski definition) is 3. The highest BCUT2D eigenvalue weighted by Crippen LogP contribution is 2.48. The van der Waals surface area contributed by atoms with E-state index in [1.54, 1.807) is 6.34 Å². The summed E-state index contributed by atoms with van der Waals surface area (Å²) in [6, 6.07) is 19.5. The maximum absolute atomic E-state index is 4.76. The Morgan fingerprint density at radius 3 is 2.63 bits per heavy atom. The molecule has 1 aliphatic carbocycles. The van der Waals surface area contributed by atoms with Crippen molar-refractivity contribution in [3.05, 3.63) is 101 Å². The summed E-state index contributed by atoms with van der Waals surface area (Å²) in [7, 11) is 0. The summed E-state index contributed by atoms with van der Waals surface area (Å²) < 4.78 is 0. The van der Waals surface area contributed by atoms with E-state index in [9.17, 15) is 0 Å². The van der Waals surface area contributed by atoms with E-state index in [-0.39, 0.29) is 11.6 Å². The van der Waals surface area contributed by atoms with Crippen LogP contribution in [0.4, 0.5) is 5.69 Å². The van der Waals surface area contributed by atoms with E-state index >= 15 is 0 Å². The minimum absolute atomic E-state index is 0.00404. The molecule has 3 heteroatoms. The van der Waals surface area contributed by atoms with E-state index < -0.39 is 0 Å². The molecule has 0 spiro atoms. The minimum atomic E-state index is -0.00404. The average Bonchev–Trinajstić information content (AvgIpc) is 3.03. The molecule has 5 rings (SSSR count). The molecule has 0 saturated heterocycles. The van der Waals surface area contributed by atoms with Gasteiger partial charge in [0.1, 0.15) is 0 Å². The van der Waals surface area contributed by atoms with Crippen LogP contribution in [-0.4, -0.2) is 12.5 Å². The van der Waals surface area contributed by atoms with Crippen LogP contribution in [0, 0.1) is 6.92 Å². The van der Waals surface area contributed by atoms with Crippen LogP contribution in [0.1, 0.15) is 24.5 Å². The van der Waals surface area contributed by atoms with E-state index in [0.29, 0.717) is 0 Å². The SMILES string of the molecule is Cc1ccc(N2C3=C(CC(C)(c4ccccc4)C=C3)C3=CNC=NC32)cc1. The van der Waals surface area contributed by atoms with Crippen LogP contribution in [-0.2, 0) is 5.41 Å². The molecule has 0 fully saturated rings. The lowest BCUT2D eigenvalue weighted by atomic mass is 9.73. The Hall–Kier alpha value is -3.07. The molecule has 2 aromatic rings. The van der Waals surface area contributed by atoms with Crippen LogP contribution in [0.3, 0.4) is 0 Å². The van der Waals surface area contributed by atoms with Gasteiger partial charge in [0, 0.05) is 28.6 Å². The number of anilines is 1. The first-order chi connectivity index (χ1) is 13.2. The van der Waals surface area contributed by atoms with Gasteiger partial charge in [-0.05, 0) is 42.7 Å². The zero-order chi connectivity index (χ0) is 18.4. The molecule has 2 heterocycles. The number of benzene rings is 2. The van der Waals surface area contributed by atoms with Gasteiger partial charge in [0.05, 0.1) is 6.34 Å². The number of allylic oxidation sites excluding steroid dienone is 2. The van der Waals surface area contributed by atoms with Gasteiger partial charge in [0.15, 0.2) is 6.17 Å². The first-order valence-electron chi connectivity index (χ1n) is 9.48. The zero-order valence-electron chi connectivity index (χ0n) is 15.7. The molecule has 27 heavy (non-hydrogen) atoms. The fourth-order valence-electron chi connectivity index (χ4n) is 4.33. The van der Waals surface area contributed by atoms with Crippen molar-refractivity contribution in [1.82, 2.24) is 5.32 Å². The summed E-state index contributed by atoms with van der Waals surface area (Å²) in [6.07, 6.45) is 9.56. The Labute approximate surface area is 160 Å². The highest BCUT2D eigenvalue weighted by Gasteiger charge is 2.42. The molecule has 0 aromatic heterocycles. The van der Waals surface area contributed by atoms with Crippen LogP contribution in [0.25, 0.3) is 0 Å². The molecule has 2 atom stereocenters. The molecule has 2 aliphatic heterocycles. The number of fused-ring (bicyclic) bond motifs is 2. The Morgan fingerprint density at radius 2 is 1.85 bits per heavy atom. The van der Waals surface area contributed by atoms with Gasteiger partial charge in [0.2, 0.25) is 0 Å². The molecule has 0 saturated carbocycles. The van der Waals surface area contributed by atoms with Crippen molar-refractivity contribution in [2.75, 3.05) is 4.90 Å². The molecule has 2 unspecified atom stereocenters. The molecule has 0 amide bonds. The van der Waals surface area contributed by atoms with E-state index in [4.69, 9.17) is 4.99 Å². The molecule has 2 aromatic carbocycles. The summed E-state index contributed by atoms with van der Waals surface area (Å²) in [6.45, 7) is 4.45. The number of rotatable bonds is 2. The first-order valence-corrected chi connectivity index (χ1v) is 9.48. The molecule has 134 valence electrons. The molecular formula is C24H23N3. The molecule has 0 bridgehead atoms. The van der Waals surface area contributed by atoms with E-state index in [2.05, 4.69) is 97.0 Å². The van der Waals surface area contributed by atoms with Crippen molar-refractivity contribution in [3.8, 4) is 0 Å². The Balaban J connectivity index is 1.60. The highest BCUT2D eigenvalue weighted by atomic mass is 15.3. The lowest BCUT2D eigenvalue weighted by Crippen LogP contribution is -2.32. The maximum Gasteiger partial charge on any atom is 0.154 e. The second kappa shape index (κ2) is 5.98. The number of aryl methyl sites for hydroxylation is 1. The van der Waals surface area contributed by atoms with Crippen LogP contribution < -0.4 is 10.2 Å². The standard InChI is InChI=1S/C24H23N3/c1-17-8-10-19(11-9-17)27-22-12-13-24(2,18-6-4-3-5-7-18)14-20(22)21-15-25-16-26-23(21)27/h3-13,15-16,23H,14H2,1-2H3,(H,25,26). The lowest BCUT2D eigenvalue weighted by Gasteiger charge is -2.32. The lowest BCUT2D eigenvalue weighted by molar-refractivity contribution is 0.582. The Kier molecular flexibility index (Phi) is 3.57. The van der Waals surface area contributed by atoms with Crippen molar-refractivity contribution in [3.63, 3.8) is 0 Å². The fourth-order valence-corrected chi connectivity index (χ4v) is 4.33. The smallest absolute Gasteiger partial charge is 0.154 e. The van der Waals surface area contributed by atoms with Crippen molar-refractivity contribution in [1.29, 1.82) is 0 Å². The minimum Gasteiger partial charge on any atom is -0.353 e. The average molecular weight is 353 g/mol. The summed E-state index contributed by atoms with van der Waals surface area (Å²) >= 11 is 0. The second-order valence-corrected chi connectivity index (χ2v) is 7.78. The molecule has 3 nitrogen and oxygen atoms in total. The Bertz CT molecular complexity index is 996. The monoisotopic (exact) mass is 353 g/mol. The van der Waals surface area contributed by atoms with Crippen LogP contribution >= 0.6 is 0 Å². The topological polar surface area (TPSA) is 27.6 Å². The van der Waals surface area contributed by atoms with Crippen molar-refractivity contribution in [2.45, 2.75) is 31.8 Å². The van der Waals surface area contributed by atoms with Crippen LogP contribution in [0.2, 0.25) is 0 Å². The first kappa shape index (κ1) is 16.1. The third-order valence-corrected chi connectivity index (χ3v) is 5.87. The summed E-state index contributed by atoms with van der Waals surface area (Å²) in [5.41, 5.74) is 7.74. The molecule has 3 aliphatic rings. The third-order valence-electron chi connectivity index (χ3n) is 5.87. The van der Waals surface area contributed by atoms with Gasteiger partial charge in [-0.15, -0.1) is 0 Å². The van der Waals surface area contributed by atoms with Crippen LogP contribution in [0.15, 0.2) is 94.8 Å². The Morgan fingerprint density at radius 1 is 1.07 bits per heavy atom. The van der Waals surface area contributed by atoms with Crippen molar-refractivity contribution < 1.29 is 0 Å². The largest absolute Gasteiger partial charge is 0.353 e. The van der Waals surface area contributed by atoms with E-state index in [1.807, 2.05) is 0 Å². The fraction of sp³-hybridized carbons (Fsp3) is 0.208. The third kappa shape index (κ3) is 2.54. The number of nitrogens with one attached hydrogen (secondary N) is 1. The highest BCUT2D eigenvalue weighted by molar-refractivity contribution is 5.73. The summed E-state index contributed by atoms with van der Waals surface area (Å²) in [5, 5.41) is 3.20. The molecular weight excluding hydrogens is 330 g/mol. The van der Waals surface area contributed by atoms with Gasteiger partial charge in [-0.1, -0.05) is 61.0 Å². The van der Waals surface area contributed by atoms with Crippen molar-refractivity contribution >= 4 is 12.0 Å². The second-order valence-electron chi connectivity index (χ2n) is 7.78. The molecule has 0 radical (unpaired) electrons. The quantitative estimate of drug-likeness (QED) is 0.837. The number of hydrogen-bond donors (Lipinski definition) is 1.